The van der Waals surface area contributed by atoms with Crippen LogP contribution in [-0.2, 0) is 0 Å². The van der Waals surface area contributed by atoms with E-state index >= 15 is 0 Å². The third kappa shape index (κ3) is 2.50. The fourth-order valence-electron chi connectivity index (χ4n) is 3.96. The Bertz CT molecular complexity index is 564. The monoisotopic (exact) mass is 290 g/mol. The highest BCUT2D eigenvalue weighted by molar-refractivity contribution is 5.97. The maximum Gasteiger partial charge on any atom is 0.352 e. The molecule has 114 valence electrons. The predicted molar refractivity (Wildman–Crippen MR) is 78.9 cm³/mol. The van der Waals surface area contributed by atoms with Crippen LogP contribution in [-0.4, -0.2) is 45.5 Å². The molecule has 5 heteroatoms. The minimum absolute atomic E-state index is 0.0793. The first-order valence-corrected chi connectivity index (χ1v) is 7.65. The van der Waals surface area contributed by atoms with Crippen molar-refractivity contribution >= 4 is 11.8 Å². The zero-order chi connectivity index (χ0) is 15.1. The molecule has 0 amide bonds. The molecule has 5 nitrogen and oxygen atoms in total. The lowest BCUT2D eigenvalue weighted by atomic mass is 9.82. The summed E-state index contributed by atoms with van der Waals surface area (Å²) in [4.78, 5) is 25.5. The normalized spacial score (nSPS) is 29.3. The molecule has 1 N–H and O–H groups in total. The van der Waals surface area contributed by atoms with Gasteiger partial charge in [0.1, 0.15) is 5.69 Å². The number of rotatable bonds is 3. The maximum atomic E-state index is 11.5. The minimum Gasteiger partial charge on any atom is -0.477 e. The zero-order valence-electron chi connectivity index (χ0n) is 12.6. The van der Waals surface area contributed by atoms with Gasteiger partial charge in [-0.15, -0.1) is 0 Å². The molecule has 0 aromatic carbocycles. The molecule has 2 fully saturated rings. The van der Waals surface area contributed by atoms with Gasteiger partial charge in [0.2, 0.25) is 0 Å². The van der Waals surface area contributed by atoms with Gasteiger partial charge in [-0.1, -0.05) is 6.42 Å². The highest BCUT2D eigenvalue weighted by Gasteiger charge is 2.37. The van der Waals surface area contributed by atoms with Gasteiger partial charge >= 0.3 is 5.97 Å². The number of hydrogen-bond acceptors (Lipinski definition) is 3. The third-order valence-electron chi connectivity index (χ3n) is 5.18. The smallest absolute Gasteiger partial charge is 0.352 e. The summed E-state index contributed by atoms with van der Waals surface area (Å²) in [6.07, 6.45) is 7.32. The number of carbonyl (C=O) groups is 2. The fourth-order valence-corrected chi connectivity index (χ4v) is 3.96. The molecule has 2 aliphatic heterocycles. The van der Waals surface area contributed by atoms with Crippen molar-refractivity contribution in [1.29, 1.82) is 0 Å². The van der Waals surface area contributed by atoms with E-state index in [1.54, 1.807) is 6.20 Å². The molecular weight excluding hydrogens is 268 g/mol. The van der Waals surface area contributed by atoms with E-state index in [-0.39, 0.29) is 17.5 Å². The Hall–Kier alpha value is -1.62. The number of ketones is 1. The standard InChI is InChI=1S/C16H22N2O3/c1-10(19)11-6-15(16(20)21)18(9-11)14-7-12-4-3-5-13(8-14)17(12)2/h6,9,12-14H,3-5,7-8H2,1-2H3,(H,20,21). The second-order valence-corrected chi connectivity index (χ2v) is 6.41. The molecular formula is C16H22N2O3. The van der Waals surface area contributed by atoms with E-state index in [4.69, 9.17) is 0 Å². The molecule has 0 aliphatic carbocycles. The first-order chi connectivity index (χ1) is 9.97. The van der Waals surface area contributed by atoms with Gasteiger partial charge in [-0.05, 0) is 45.7 Å². The van der Waals surface area contributed by atoms with E-state index in [1.807, 2.05) is 4.57 Å². The number of fused-ring (bicyclic) bond motifs is 2. The van der Waals surface area contributed by atoms with Crippen LogP contribution in [0.15, 0.2) is 12.3 Å². The predicted octanol–water partition coefficient (Wildman–Crippen LogP) is 2.58. The summed E-state index contributed by atoms with van der Waals surface area (Å²) >= 11 is 0. The van der Waals surface area contributed by atoms with Crippen LogP contribution < -0.4 is 0 Å². The lowest BCUT2D eigenvalue weighted by Gasteiger charge is -2.47. The van der Waals surface area contributed by atoms with E-state index in [9.17, 15) is 14.7 Å². The lowest BCUT2D eigenvalue weighted by molar-refractivity contribution is 0.0380. The van der Waals surface area contributed by atoms with Crippen LogP contribution in [0.4, 0.5) is 0 Å². The molecule has 0 radical (unpaired) electrons. The molecule has 2 bridgehead atoms. The van der Waals surface area contributed by atoms with Crippen LogP contribution in [0.1, 0.15) is 65.9 Å². The molecule has 21 heavy (non-hydrogen) atoms. The minimum atomic E-state index is -0.952. The molecule has 2 aliphatic rings. The second-order valence-electron chi connectivity index (χ2n) is 6.41. The van der Waals surface area contributed by atoms with Crippen molar-refractivity contribution in [3.8, 4) is 0 Å². The van der Waals surface area contributed by atoms with Gasteiger partial charge in [0, 0.05) is 29.9 Å². The Morgan fingerprint density at radius 3 is 2.33 bits per heavy atom. The zero-order valence-corrected chi connectivity index (χ0v) is 12.6. The number of nitrogens with zero attached hydrogens (tertiary/aromatic N) is 2. The first kappa shape index (κ1) is 14.3. The highest BCUT2D eigenvalue weighted by Crippen LogP contribution is 2.39. The first-order valence-electron chi connectivity index (χ1n) is 7.65. The van der Waals surface area contributed by atoms with E-state index in [1.165, 1.54) is 32.3 Å². The average Bonchev–Trinajstić information content (AvgIpc) is 2.83. The van der Waals surface area contributed by atoms with E-state index in [0.29, 0.717) is 17.6 Å². The topological polar surface area (TPSA) is 62.5 Å². The van der Waals surface area contributed by atoms with Crippen LogP contribution in [0, 0.1) is 0 Å². The molecule has 2 saturated heterocycles. The molecule has 0 spiro atoms. The van der Waals surface area contributed by atoms with Crippen molar-refractivity contribution in [1.82, 2.24) is 9.47 Å². The summed E-state index contributed by atoms with van der Waals surface area (Å²) in [5, 5.41) is 9.40. The number of carboxylic acid groups (broad SMARTS) is 1. The summed E-state index contributed by atoms with van der Waals surface area (Å²) < 4.78 is 1.83. The number of aromatic carboxylic acids is 1. The summed E-state index contributed by atoms with van der Waals surface area (Å²) in [5.41, 5.74) is 0.740. The van der Waals surface area contributed by atoms with Gasteiger partial charge in [-0.25, -0.2) is 4.79 Å². The van der Waals surface area contributed by atoms with Crippen LogP contribution >= 0.6 is 0 Å². The maximum absolute atomic E-state index is 11.5. The van der Waals surface area contributed by atoms with Gasteiger partial charge in [0.05, 0.1) is 0 Å². The molecule has 2 unspecified atom stereocenters. The molecule has 1 aromatic rings. The Balaban J connectivity index is 1.93. The van der Waals surface area contributed by atoms with Crippen LogP contribution in [0.5, 0.6) is 0 Å². The van der Waals surface area contributed by atoms with E-state index < -0.39 is 5.97 Å². The van der Waals surface area contributed by atoms with Crippen molar-refractivity contribution in [3.05, 3.63) is 23.5 Å². The van der Waals surface area contributed by atoms with Gasteiger partial charge in [-0.3, -0.25) is 4.79 Å². The quantitative estimate of drug-likeness (QED) is 0.869. The number of aromatic nitrogens is 1. The third-order valence-corrected chi connectivity index (χ3v) is 5.18. The Labute approximate surface area is 124 Å². The fraction of sp³-hybridized carbons (Fsp3) is 0.625. The number of carboxylic acids is 1. The number of hydrogen-bond donors (Lipinski definition) is 1. The highest BCUT2D eigenvalue weighted by atomic mass is 16.4. The van der Waals surface area contributed by atoms with E-state index in [0.717, 1.165) is 12.8 Å². The molecule has 2 atom stereocenters. The van der Waals surface area contributed by atoms with Crippen LogP contribution in [0.3, 0.4) is 0 Å². The number of carbonyl (C=O) groups excluding carboxylic acids is 1. The molecule has 3 rings (SSSR count). The lowest BCUT2D eigenvalue weighted by Crippen LogP contribution is -2.50. The van der Waals surface area contributed by atoms with Crippen molar-refractivity contribution < 1.29 is 14.7 Å². The average molecular weight is 290 g/mol. The van der Waals surface area contributed by atoms with Crippen molar-refractivity contribution in [3.63, 3.8) is 0 Å². The van der Waals surface area contributed by atoms with Gasteiger partial charge in [0.25, 0.3) is 0 Å². The van der Waals surface area contributed by atoms with Crippen molar-refractivity contribution in [2.75, 3.05) is 7.05 Å². The molecule has 3 heterocycles. The summed E-state index contributed by atoms with van der Waals surface area (Å²) in [7, 11) is 2.18. The van der Waals surface area contributed by atoms with Gasteiger partial charge < -0.3 is 14.6 Å². The van der Waals surface area contributed by atoms with Crippen molar-refractivity contribution in [2.24, 2.45) is 0 Å². The van der Waals surface area contributed by atoms with Gasteiger partial charge in [-0.2, -0.15) is 0 Å². The molecule has 0 saturated carbocycles. The SMILES string of the molecule is CC(=O)c1cc(C(=O)O)n(C2CC3CCCC(C2)N3C)c1. The van der Waals surface area contributed by atoms with Crippen LogP contribution in [0.2, 0.25) is 0 Å². The Morgan fingerprint density at radius 2 is 1.81 bits per heavy atom. The number of piperidine rings is 2. The van der Waals surface area contributed by atoms with E-state index in [2.05, 4.69) is 11.9 Å². The molecule has 1 aromatic heterocycles. The van der Waals surface area contributed by atoms with Crippen LogP contribution in [0.25, 0.3) is 0 Å². The Morgan fingerprint density at radius 1 is 1.19 bits per heavy atom. The number of Topliss-reactive ketones (excluding diaryl/α,β-unsaturated/α-hetero) is 1. The second kappa shape index (κ2) is 5.30. The Kier molecular flexibility index (Phi) is 3.61. The summed E-state index contributed by atoms with van der Waals surface area (Å²) in [6.45, 7) is 1.48. The van der Waals surface area contributed by atoms with Gasteiger partial charge in [0.15, 0.2) is 5.78 Å². The van der Waals surface area contributed by atoms with Crippen molar-refractivity contribution in [2.45, 2.75) is 57.2 Å². The summed E-state index contributed by atoms with van der Waals surface area (Å²) in [5.74, 6) is -1.03. The largest absolute Gasteiger partial charge is 0.477 e. The summed E-state index contributed by atoms with van der Waals surface area (Å²) in [6, 6.07) is 2.77.